The molecule has 1 aromatic carbocycles. The van der Waals surface area contributed by atoms with Gasteiger partial charge in [-0.1, -0.05) is 44.2 Å². The van der Waals surface area contributed by atoms with Crippen LogP contribution < -0.4 is 5.73 Å². The van der Waals surface area contributed by atoms with Crippen LogP contribution in [0.15, 0.2) is 47.2 Å². The Morgan fingerprint density at radius 2 is 1.78 bits per heavy atom. The summed E-state index contributed by atoms with van der Waals surface area (Å²) in [7, 11) is 2.00. The number of likely N-dealkylation sites (N-methyl/N-ethyl adjacent to an activating group) is 1. The average Bonchev–Trinajstić information content (AvgIpc) is 2.67. The first-order valence-corrected chi connectivity index (χ1v) is 9.11. The summed E-state index contributed by atoms with van der Waals surface area (Å²) in [5, 5.41) is 29.5. The molecule has 1 aromatic rings. The maximum absolute atomic E-state index is 9.88. The number of nitrogens with two attached hydrogens (primary N) is 1. The molecule has 0 bridgehead atoms. The highest BCUT2D eigenvalue weighted by Crippen LogP contribution is 2.52. The van der Waals surface area contributed by atoms with E-state index < -0.39 is 5.41 Å². The number of rotatable bonds is 2. The molecular weight excluding hydrogens is 334 g/mol. The van der Waals surface area contributed by atoms with Crippen molar-refractivity contribution in [3.8, 4) is 18.2 Å². The molecular formula is C22H23N5. The quantitative estimate of drug-likeness (QED) is 0.819. The van der Waals surface area contributed by atoms with Crippen LogP contribution in [0.3, 0.4) is 0 Å². The Labute approximate surface area is 160 Å². The van der Waals surface area contributed by atoms with Gasteiger partial charge in [0.25, 0.3) is 0 Å². The molecule has 0 fully saturated rings. The number of fused-ring (bicyclic) bond motifs is 1. The zero-order valence-corrected chi connectivity index (χ0v) is 15.9. The van der Waals surface area contributed by atoms with Crippen LogP contribution in [0.2, 0.25) is 0 Å². The first kappa shape index (κ1) is 18.7. The number of nitriles is 3. The monoisotopic (exact) mass is 357 g/mol. The molecule has 0 aromatic heterocycles. The molecule has 0 amide bonds. The highest BCUT2D eigenvalue weighted by molar-refractivity contribution is 5.58. The normalized spacial score (nSPS) is 24.4. The molecule has 0 spiro atoms. The maximum Gasteiger partial charge on any atom is 0.204 e. The Balaban J connectivity index is 2.24. The minimum absolute atomic E-state index is 0.0833. The smallest absolute Gasteiger partial charge is 0.204 e. The molecule has 27 heavy (non-hydrogen) atoms. The third kappa shape index (κ3) is 2.80. The highest BCUT2D eigenvalue weighted by Gasteiger charge is 2.52. The fourth-order valence-electron chi connectivity index (χ4n) is 4.25. The van der Waals surface area contributed by atoms with Crippen molar-refractivity contribution < 1.29 is 0 Å². The second kappa shape index (κ2) is 6.92. The van der Waals surface area contributed by atoms with Crippen LogP contribution >= 0.6 is 0 Å². The summed E-state index contributed by atoms with van der Waals surface area (Å²) in [6, 6.07) is 14.7. The zero-order valence-electron chi connectivity index (χ0n) is 15.9. The molecule has 0 unspecified atom stereocenters. The van der Waals surface area contributed by atoms with Crippen LogP contribution in [0.1, 0.15) is 36.8 Å². The lowest BCUT2D eigenvalue weighted by molar-refractivity contribution is 0.264. The van der Waals surface area contributed by atoms with Crippen LogP contribution in [0.5, 0.6) is 0 Å². The lowest BCUT2D eigenvalue weighted by atomic mass is 9.60. The molecule has 0 saturated heterocycles. The van der Waals surface area contributed by atoms with E-state index in [1.807, 2.05) is 25.3 Å². The largest absolute Gasteiger partial charge is 0.399 e. The summed E-state index contributed by atoms with van der Waals surface area (Å²) >= 11 is 0. The van der Waals surface area contributed by atoms with Crippen molar-refractivity contribution in [1.29, 1.82) is 15.8 Å². The number of nitrogens with zero attached hydrogens (tertiary/aromatic N) is 4. The summed E-state index contributed by atoms with van der Waals surface area (Å²) < 4.78 is 0. The molecule has 5 heteroatoms. The van der Waals surface area contributed by atoms with E-state index in [-0.39, 0.29) is 17.5 Å². The van der Waals surface area contributed by atoms with Gasteiger partial charge in [-0.3, -0.25) is 0 Å². The van der Waals surface area contributed by atoms with Crippen molar-refractivity contribution in [2.24, 2.45) is 17.1 Å². The summed E-state index contributed by atoms with van der Waals surface area (Å²) in [6.07, 6.45) is 1.94. The van der Waals surface area contributed by atoms with Crippen LogP contribution in [0.4, 0.5) is 0 Å². The molecule has 1 aliphatic heterocycles. The molecule has 2 aliphatic rings. The molecule has 3 rings (SSSR count). The van der Waals surface area contributed by atoms with Crippen molar-refractivity contribution >= 4 is 0 Å². The molecule has 0 saturated carbocycles. The molecule has 0 radical (unpaired) electrons. The maximum atomic E-state index is 9.88. The minimum atomic E-state index is -1.55. The van der Waals surface area contributed by atoms with E-state index >= 15 is 0 Å². The van der Waals surface area contributed by atoms with Gasteiger partial charge in [-0.15, -0.1) is 0 Å². The summed E-state index contributed by atoms with van der Waals surface area (Å²) in [4.78, 5) is 2.14. The zero-order chi connectivity index (χ0) is 19.8. The fraction of sp³-hybridized carbons (Fsp3) is 0.409. The van der Waals surface area contributed by atoms with E-state index in [0.717, 1.165) is 11.1 Å². The summed E-state index contributed by atoms with van der Waals surface area (Å²) in [6.45, 7) is 5.61. The molecule has 2 N–H and O–H groups in total. The van der Waals surface area contributed by atoms with Crippen LogP contribution in [-0.2, 0) is 0 Å². The number of benzene rings is 1. The number of hydrogen-bond donors (Lipinski definition) is 1. The van der Waals surface area contributed by atoms with Gasteiger partial charge in [0, 0.05) is 24.9 Å². The van der Waals surface area contributed by atoms with Gasteiger partial charge in [-0.2, -0.15) is 15.8 Å². The minimum Gasteiger partial charge on any atom is -0.399 e. The lowest BCUT2D eigenvalue weighted by Gasteiger charge is -2.44. The Morgan fingerprint density at radius 1 is 1.15 bits per heavy atom. The van der Waals surface area contributed by atoms with Gasteiger partial charge < -0.3 is 10.6 Å². The third-order valence-corrected chi connectivity index (χ3v) is 5.79. The standard InChI is InChI=1S/C22H23N5/c1-14(2)15-4-6-16(7-5-15)20-17(10-23)21(26)22(12-24,13-25)19-8-9-27(3)11-18(19)20/h4-8,14,18,20H,9,11,26H2,1-3H3/t18-,20-/m1/s1. The second-order valence-corrected chi connectivity index (χ2v) is 7.70. The first-order valence-electron chi connectivity index (χ1n) is 9.11. The molecule has 1 aliphatic carbocycles. The van der Waals surface area contributed by atoms with Crippen molar-refractivity contribution in [2.75, 3.05) is 20.1 Å². The van der Waals surface area contributed by atoms with Gasteiger partial charge in [0.2, 0.25) is 5.41 Å². The van der Waals surface area contributed by atoms with E-state index in [1.54, 1.807) is 0 Å². The lowest BCUT2D eigenvalue weighted by Crippen LogP contribution is -2.46. The Morgan fingerprint density at radius 3 is 2.30 bits per heavy atom. The second-order valence-electron chi connectivity index (χ2n) is 7.70. The van der Waals surface area contributed by atoms with Crippen molar-refractivity contribution in [2.45, 2.75) is 25.7 Å². The Bertz CT molecular complexity index is 917. The first-order chi connectivity index (χ1) is 12.9. The van der Waals surface area contributed by atoms with Crippen molar-refractivity contribution in [3.63, 3.8) is 0 Å². The van der Waals surface area contributed by atoms with Gasteiger partial charge in [-0.25, -0.2) is 0 Å². The Hall–Kier alpha value is -3.07. The number of hydrogen-bond acceptors (Lipinski definition) is 5. The molecule has 5 nitrogen and oxygen atoms in total. The third-order valence-electron chi connectivity index (χ3n) is 5.79. The van der Waals surface area contributed by atoms with Crippen LogP contribution in [-0.4, -0.2) is 25.0 Å². The fourth-order valence-corrected chi connectivity index (χ4v) is 4.25. The topological polar surface area (TPSA) is 101 Å². The average molecular weight is 357 g/mol. The van der Waals surface area contributed by atoms with Crippen molar-refractivity contribution in [3.05, 3.63) is 58.3 Å². The van der Waals surface area contributed by atoms with E-state index in [4.69, 9.17) is 5.73 Å². The van der Waals surface area contributed by atoms with Crippen LogP contribution in [0.25, 0.3) is 0 Å². The van der Waals surface area contributed by atoms with E-state index in [0.29, 0.717) is 24.6 Å². The molecule has 1 heterocycles. The SMILES string of the molecule is CC(C)c1ccc([C@@H]2C(C#N)=C(N)C(C#N)(C#N)C3=CCN(C)C[C@H]32)cc1. The predicted octanol–water partition coefficient (Wildman–Crippen LogP) is 3.17. The van der Waals surface area contributed by atoms with Gasteiger partial charge in [0.15, 0.2) is 0 Å². The van der Waals surface area contributed by atoms with Gasteiger partial charge >= 0.3 is 0 Å². The van der Waals surface area contributed by atoms with Crippen molar-refractivity contribution in [1.82, 2.24) is 4.90 Å². The summed E-state index contributed by atoms with van der Waals surface area (Å²) in [5.74, 6) is 0.0393. The predicted molar refractivity (Wildman–Crippen MR) is 103 cm³/mol. The molecule has 136 valence electrons. The van der Waals surface area contributed by atoms with E-state index in [9.17, 15) is 15.8 Å². The van der Waals surface area contributed by atoms with Gasteiger partial charge in [0.1, 0.15) is 0 Å². The van der Waals surface area contributed by atoms with Crippen LogP contribution in [0, 0.1) is 45.3 Å². The van der Waals surface area contributed by atoms with Gasteiger partial charge in [0.05, 0.1) is 29.5 Å². The summed E-state index contributed by atoms with van der Waals surface area (Å²) in [5.41, 5.74) is 8.13. The van der Waals surface area contributed by atoms with E-state index in [1.165, 1.54) is 5.56 Å². The molecule has 2 atom stereocenters. The number of allylic oxidation sites excluding steroid dienone is 2. The van der Waals surface area contributed by atoms with E-state index in [2.05, 4.69) is 49.1 Å². The highest BCUT2D eigenvalue weighted by atomic mass is 15.1. The Kier molecular flexibility index (Phi) is 4.79. The van der Waals surface area contributed by atoms with Gasteiger partial charge in [-0.05, 0) is 29.7 Å².